The quantitative estimate of drug-likeness (QED) is 0.668. The number of nitrogens with zero attached hydrogens (tertiary/aromatic N) is 1. The highest BCUT2D eigenvalue weighted by Gasteiger charge is 2.31. The molecule has 0 atom stereocenters. The van der Waals surface area contributed by atoms with Gasteiger partial charge in [0.15, 0.2) is 0 Å². The summed E-state index contributed by atoms with van der Waals surface area (Å²) >= 11 is 0. The van der Waals surface area contributed by atoms with Gasteiger partial charge in [-0.3, -0.25) is 9.52 Å². The van der Waals surface area contributed by atoms with Crippen molar-refractivity contribution >= 4 is 38.1 Å². The van der Waals surface area contributed by atoms with Crippen molar-refractivity contribution in [3.63, 3.8) is 0 Å². The van der Waals surface area contributed by atoms with Gasteiger partial charge < -0.3 is 14.4 Å². The molecule has 1 N–H and O–H groups in total. The monoisotopic (exact) mass is 412 g/mol. The van der Waals surface area contributed by atoms with E-state index in [2.05, 4.69) is 4.72 Å². The second-order valence-corrected chi connectivity index (χ2v) is 8.18. The van der Waals surface area contributed by atoms with Gasteiger partial charge in [0.2, 0.25) is 0 Å². The molecule has 0 spiro atoms. The van der Waals surface area contributed by atoms with E-state index in [0.717, 1.165) is 5.69 Å². The fourth-order valence-corrected chi connectivity index (χ4v) is 4.93. The molecule has 0 aromatic heterocycles. The van der Waals surface area contributed by atoms with Crippen LogP contribution in [-0.4, -0.2) is 35.1 Å². The molecule has 1 aliphatic rings. The highest BCUT2D eigenvalue weighted by molar-refractivity contribution is 7.93. The van der Waals surface area contributed by atoms with E-state index in [4.69, 9.17) is 9.47 Å². The summed E-state index contributed by atoms with van der Waals surface area (Å²) < 4.78 is 39.5. The van der Waals surface area contributed by atoms with Crippen molar-refractivity contribution in [3.05, 3.63) is 54.1 Å². The normalized spacial score (nSPS) is 13.1. The summed E-state index contributed by atoms with van der Waals surface area (Å²) in [5.41, 5.74) is 1.50. The SMILES string of the molecule is CCN1C(=O)c2cccc3c(S(=O)(=O)Nc4cc(OC)ccc4OC)ccc1c23. The highest BCUT2D eigenvalue weighted by atomic mass is 32.2. The zero-order valence-corrected chi connectivity index (χ0v) is 17.0. The summed E-state index contributed by atoms with van der Waals surface area (Å²) in [5.74, 6) is 0.741. The van der Waals surface area contributed by atoms with Gasteiger partial charge in [-0.2, -0.15) is 0 Å². The number of anilines is 2. The maximum atomic E-state index is 13.3. The fraction of sp³-hybridized carbons (Fsp3) is 0.190. The number of rotatable bonds is 6. The fourth-order valence-electron chi connectivity index (χ4n) is 3.66. The standard InChI is InChI=1S/C21H20N2O5S/c1-4-23-17-9-11-19(14-6-5-7-15(20(14)17)21(23)24)29(25,26)22-16-12-13(27-2)8-10-18(16)28-3/h5-12,22H,4H2,1-3H3. The van der Waals surface area contributed by atoms with Crippen molar-refractivity contribution in [2.24, 2.45) is 0 Å². The number of sulfonamides is 1. The molecule has 8 heteroatoms. The van der Waals surface area contributed by atoms with Gasteiger partial charge in [-0.1, -0.05) is 12.1 Å². The Morgan fingerprint density at radius 3 is 2.52 bits per heavy atom. The predicted octanol–water partition coefficient (Wildman–Crippen LogP) is 3.64. The number of methoxy groups -OCH3 is 2. The van der Waals surface area contributed by atoms with E-state index in [-0.39, 0.29) is 16.5 Å². The van der Waals surface area contributed by atoms with Crippen molar-refractivity contribution in [2.45, 2.75) is 11.8 Å². The van der Waals surface area contributed by atoms with Crippen LogP contribution in [0.3, 0.4) is 0 Å². The van der Waals surface area contributed by atoms with E-state index in [1.165, 1.54) is 20.3 Å². The molecule has 0 bridgehead atoms. The second kappa shape index (κ2) is 6.97. The number of ether oxygens (including phenoxy) is 2. The number of benzene rings is 3. The third-order valence-corrected chi connectivity index (χ3v) is 6.43. The molecule has 0 saturated heterocycles. The molecule has 0 aliphatic carbocycles. The van der Waals surface area contributed by atoms with E-state index in [0.29, 0.717) is 34.4 Å². The van der Waals surface area contributed by atoms with E-state index in [1.54, 1.807) is 47.4 Å². The van der Waals surface area contributed by atoms with Crippen LogP contribution in [0.2, 0.25) is 0 Å². The molecule has 150 valence electrons. The number of hydrogen-bond donors (Lipinski definition) is 1. The zero-order valence-electron chi connectivity index (χ0n) is 16.2. The molecule has 0 saturated carbocycles. The first-order valence-corrected chi connectivity index (χ1v) is 10.5. The van der Waals surface area contributed by atoms with Crippen LogP contribution in [0.1, 0.15) is 17.3 Å². The van der Waals surface area contributed by atoms with Crippen LogP contribution >= 0.6 is 0 Å². The van der Waals surface area contributed by atoms with Crippen LogP contribution in [0.25, 0.3) is 10.8 Å². The smallest absolute Gasteiger partial charge is 0.262 e. The number of amides is 1. The van der Waals surface area contributed by atoms with Gasteiger partial charge in [0, 0.05) is 28.9 Å². The molecule has 3 aromatic rings. The lowest BCUT2D eigenvalue weighted by Gasteiger charge is -2.16. The van der Waals surface area contributed by atoms with E-state index < -0.39 is 10.0 Å². The first-order chi connectivity index (χ1) is 13.9. The van der Waals surface area contributed by atoms with Crippen LogP contribution in [-0.2, 0) is 10.0 Å². The minimum atomic E-state index is -3.96. The number of carbonyl (C=O) groups excluding carboxylic acids is 1. The molecular weight excluding hydrogens is 392 g/mol. The number of hydrogen-bond acceptors (Lipinski definition) is 5. The summed E-state index contributed by atoms with van der Waals surface area (Å²) in [4.78, 5) is 14.4. The maximum absolute atomic E-state index is 13.3. The first-order valence-electron chi connectivity index (χ1n) is 9.03. The predicted molar refractivity (Wildman–Crippen MR) is 112 cm³/mol. The molecule has 4 rings (SSSR count). The van der Waals surface area contributed by atoms with Crippen LogP contribution in [0.4, 0.5) is 11.4 Å². The van der Waals surface area contributed by atoms with Gasteiger partial charge in [0.1, 0.15) is 11.5 Å². The lowest BCUT2D eigenvalue weighted by Crippen LogP contribution is -2.25. The lowest BCUT2D eigenvalue weighted by molar-refractivity contribution is 0.0994. The van der Waals surface area contributed by atoms with Gasteiger partial charge in [-0.05, 0) is 37.3 Å². The number of nitrogens with one attached hydrogen (secondary N) is 1. The van der Waals surface area contributed by atoms with Gasteiger partial charge in [0.25, 0.3) is 15.9 Å². The molecule has 1 heterocycles. The van der Waals surface area contributed by atoms with Gasteiger partial charge in [0.05, 0.1) is 30.5 Å². The van der Waals surface area contributed by atoms with Gasteiger partial charge in [-0.15, -0.1) is 0 Å². The maximum Gasteiger partial charge on any atom is 0.262 e. The molecule has 0 fully saturated rings. The van der Waals surface area contributed by atoms with Crippen molar-refractivity contribution in [1.29, 1.82) is 0 Å². The first kappa shape index (κ1) is 19.1. The van der Waals surface area contributed by atoms with Crippen molar-refractivity contribution in [2.75, 3.05) is 30.4 Å². The zero-order chi connectivity index (χ0) is 20.8. The Morgan fingerprint density at radius 1 is 1.03 bits per heavy atom. The summed E-state index contributed by atoms with van der Waals surface area (Å²) in [6.07, 6.45) is 0. The van der Waals surface area contributed by atoms with Crippen molar-refractivity contribution < 1.29 is 22.7 Å². The molecule has 1 amide bonds. The third-order valence-electron chi connectivity index (χ3n) is 5.00. The summed E-state index contributed by atoms with van der Waals surface area (Å²) in [7, 11) is -0.999. The molecule has 3 aromatic carbocycles. The summed E-state index contributed by atoms with van der Waals surface area (Å²) in [6.45, 7) is 2.39. The Hall–Kier alpha value is -3.26. The average Bonchev–Trinajstić information content (AvgIpc) is 3.00. The largest absolute Gasteiger partial charge is 0.497 e. The van der Waals surface area contributed by atoms with Crippen molar-refractivity contribution in [1.82, 2.24) is 0 Å². The van der Waals surface area contributed by atoms with E-state index in [1.807, 2.05) is 6.92 Å². The van der Waals surface area contributed by atoms with Gasteiger partial charge in [-0.25, -0.2) is 8.42 Å². The summed E-state index contributed by atoms with van der Waals surface area (Å²) in [5, 5.41) is 1.15. The average molecular weight is 412 g/mol. The summed E-state index contributed by atoms with van der Waals surface area (Å²) in [6, 6.07) is 13.2. The molecule has 0 unspecified atom stereocenters. The van der Waals surface area contributed by atoms with Crippen LogP contribution < -0.4 is 19.1 Å². The molecular formula is C21H20N2O5S. The Kier molecular flexibility index (Phi) is 4.58. The van der Waals surface area contributed by atoms with Crippen LogP contribution in [0.5, 0.6) is 11.5 Å². The highest BCUT2D eigenvalue weighted by Crippen LogP contribution is 2.40. The second-order valence-electron chi connectivity index (χ2n) is 6.53. The van der Waals surface area contributed by atoms with E-state index in [9.17, 15) is 13.2 Å². The lowest BCUT2D eigenvalue weighted by atomic mass is 10.1. The Morgan fingerprint density at radius 2 is 1.83 bits per heavy atom. The topological polar surface area (TPSA) is 84.9 Å². The van der Waals surface area contributed by atoms with Crippen molar-refractivity contribution in [3.8, 4) is 11.5 Å². The third kappa shape index (κ3) is 2.96. The molecule has 29 heavy (non-hydrogen) atoms. The molecule has 0 radical (unpaired) electrons. The Labute approximate surface area is 168 Å². The Bertz CT molecular complexity index is 1240. The van der Waals surface area contributed by atoms with E-state index >= 15 is 0 Å². The van der Waals surface area contributed by atoms with Crippen LogP contribution in [0, 0.1) is 0 Å². The Balaban J connectivity index is 1.86. The number of carbonyl (C=O) groups is 1. The molecule has 1 aliphatic heterocycles. The van der Waals surface area contributed by atoms with Crippen LogP contribution in [0.15, 0.2) is 53.4 Å². The minimum absolute atomic E-state index is 0.0914. The minimum Gasteiger partial charge on any atom is -0.497 e. The van der Waals surface area contributed by atoms with Gasteiger partial charge >= 0.3 is 0 Å². The molecule has 7 nitrogen and oxygen atoms in total.